The highest BCUT2D eigenvalue weighted by atomic mass is 16.2. The normalized spacial score (nSPS) is 13.3. The molecule has 174 valence electrons. The second kappa shape index (κ2) is 9.23. The molecule has 35 heavy (non-hydrogen) atoms. The van der Waals surface area contributed by atoms with E-state index in [2.05, 4.69) is 26.3 Å². The minimum absolute atomic E-state index is 0.131. The monoisotopic (exact) mass is 463 g/mol. The molecular weight excluding hydrogens is 438 g/mol. The third-order valence-electron chi connectivity index (χ3n) is 5.77. The van der Waals surface area contributed by atoms with E-state index in [9.17, 15) is 9.59 Å². The molecule has 1 aliphatic heterocycles. The second-order valence-corrected chi connectivity index (χ2v) is 8.50. The average molecular weight is 464 g/mol. The van der Waals surface area contributed by atoms with Crippen molar-refractivity contribution in [1.29, 1.82) is 0 Å². The number of rotatable bonds is 5. The lowest BCUT2D eigenvalue weighted by Crippen LogP contribution is -2.19. The maximum absolute atomic E-state index is 12.5. The van der Waals surface area contributed by atoms with Crippen LogP contribution in [0.5, 0.6) is 0 Å². The Morgan fingerprint density at radius 2 is 1.66 bits per heavy atom. The number of carbonyl (C=O) groups is 2. The zero-order valence-corrected chi connectivity index (χ0v) is 19.4. The summed E-state index contributed by atoms with van der Waals surface area (Å²) in [7, 11) is 0. The molecule has 0 fully saturated rings. The predicted molar refractivity (Wildman–Crippen MR) is 142 cm³/mol. The Kier molecular flexibility index (Phi) is 5.81. The van der Waals surface area contributed by atoms with Crippen LogP contribution in [0.2, 0.25) is 0 Å². The van der Waals surface area contributed by atoms with Gasteiger partial charge in [0.25, 0.3) is 5.91 Å². The summed E-state index contributed by atoms with van der Waals surface area (Å²) in [6.45, 7) is 3.97. The molecule has 0 spiro atoms. The van der Waals surface area contributed by atoms with E-state index in [1.165, 1.54) is 0 Å². The molecule has 1 aromatic heterocycles. The summed E-state index contributed by atoms with van der Waals surface area (Å²) in [5, 5.41) is 12.1. The van der Waals surface area contributed by atoms with E-state index in [-0.39, 0.29) is 11.9 Å². The maximum Gasteiger partial charge on any atom is 0.323 e. The van der Waals surface area contributed by atoms with Crippen molar-refractivity contribution in [2.75, 3.05) is 21.3 Å². The smallest absolute Gasteiger partial charge is 0.323 e. The van der Waals surface area contributed by atoms with E-state index in [0.717, 1.165) is 45.1 Å². The van der Waals surface area contributed by atoms with Crippen molar-refractivity contribution in [3.8, 4) is 0 Å². The lowest BCUT2D eigenvalue weighted by Gasteiger charge is -2.14. The minimum atomic E-state index is -0.313. The van der Waals surface area contributed by atoms with Gasteiger partial charge in [-0.25, -0.2) is 4.79 Å². The van der Waals surface area contributed by atoms with Gasteiger partial charge in [0.15, 0.2) is 0 Å². The van der Waals surface area contributed by atoms with Gasteiger partial charge in [-0.3, -0.25) is 4.79 Å². The van der Waals surface area contributed by atoms with E-state index in [4.69, 9.17) is 0 Å². The molecule has 7 nitrogen and oxygen atoms in total. The Balaban J connectivity index is 1.32. The highest BCUT2D eigenvalue weighted by Gasteiger charge is 2.24. The van der Waals surface area contributed by atoms with Gasteiger partial charge in [0.1, 0.15) is 0 Å². The molecule has 0 bridgehead atoms. The number of anilines is 5. The molecule has 0 atom stereocenters. The predicted octanol–water partition coefficient (Wildman–Crippen LogP) is 6.51. The van der Waals surface area contributed by atoms with Crippen LogP contribution in [0.3, 0.4) is 0 Å². The van der Waals surface area contributed by atoms with Gasteiger partial charge in [-0.15, -0.1) is 0 Å². The van der Waals surface area contributed by atoms with Crippen LogP contribution in [0.15, 0.2) is 79.0 Å². The molecule has 0 radical (unpaired) electrons. The van der Waals surface area contributed by atoms with Crippen LogP contribution in [0, 0.1) is 13.8 Å². The highest BCUT2D eigenvalue weighted by molar-refractivity contribution is 6.35. The summed E-state index contributed by atoms with van der Waals surface area (Å²) in [5.41, 5.74) is 8.27. The third kappa shape index (κ3) is 4.94. The van der Waals surface area contributed by atoms with Gasteiger partial charge in [0.05, 0.1) is 11.3 Å². The van der Waals surface area contributed by atoms with E-state index >= 15 is 0 Å². The van der Waals surface area contributed by atoms with Crippen molar-refractivity contribution >= 4 is 52.0 Å². The van der Waals surface area contributed by atoms with Crippen molar-refractivity contribution in [3.63, 3.8) is 0 Å². The first-order valence-electron chi connectivity index (χ1n) is 11.3. The third-order valence-corrected chi connectivity index (χ3v) is 5.77. The molecule has 3 amide bonds. The maximum atomic E-state index is 12.5. The van der Waals surface area contributed by atoms with Gasteiger partial charge < -0.3 is 26.3 Å². The number of H-pyrrole nitrogens is 1. The fourth-order valence-electron chi connectivity index (χ4n) is 4.01. The van der Waals surface area contributed by atoms with Crippen LogP contribution >= 0.6 is 0 Å². The molecule has 2 heterocycles. The number of amides is 3. The van der Waals surface area contributed by atoms with Crippen LogP contribution in [0.4, 0.5) is 33.2 Å². The first-order valence-corrected chi connectivity index (χ1v) is 11.3. The van der Waals surface area contributed by atoms with E-state index < -0.39 is 0 Å². The van der Waals surface area contributed by atoms with Crippen molar-refractivity contribution in [1.82, 2.24) is 4.98 Å². The Labute approximate surface area is 203 Å². The summed E-state index contributed by atoms with van der Waals surface area (Å²) in [6, 6.07) is 22.6. The standard InChI is InChI=1S/C28H25N5O2/c1-17-5-3-6-20(13-17)31-28(35)32-22-9-8-18(2)25(15-22)30-21-10-11-23-24(14-19-7-4-12-29-19)27(34)33-26(23)16-21/h3-16,29-30H,1-2H3,(H,33,34)(H2,31,32,35)/b24-14-. The van der Waals surface area contributed by atoms with Crippen LogP contribution in [-0.4, -0.2) is 16.9 Å². The van der Waals surface area contributed by atoms with Crippen LogP contribution < -0.4 is 21.3 Å². The molecule has 0 aliphatic carbocycles. The molecule has 0 saturated carbocycles. The van der Waals surface area contributed by atoms with Crippen molar-refractivity contribution in [2.24, 2.45) is 0 Å². The minimum Gasteiger partial charge on any atom is -0.362 e. The summed E-state index contributed by atoms with van der Waals surface area (Å²) in [6.07, 6.45) is 3.67. The van der Waals surface area contributed by atoms with E-state index in [0.29, 0.717) is 11.3 Å². The molecule has 3 aromatic carbocycles. The molecule has 0 saturated heterocycles. The Morgan fingerprint density at radius 3 is 2.43 bits per heavy atom. The molecular formula is C28H25N5O2. The quantitative estimate of drug-likeness (QED) is 0.218. The van der Waals surface area contributed by atoms with E-state index in [1.54, 1.807) is 0 Å². The van der Waals surface area contributed by atoms with Crippen LogP contribution in [-0.2, 0) is 4.79 Å². The second-order valence-electron chi connectivity index (χ2n) is 8.50. The number of hydrogen-bond donors (Lipinski definition) is 5. The number of urea groups is 1. The fourth-order valence-corrected chi connectivity index (χ4v) is 4.01. The number of nitrogens with one attached hydrogen (secondary N) is 5. The molecule has 5 rings (SSSR count). The average Bonchev–Trinajstić information content (AvgIpc) is 3.44. The van der Waals surface area contributed by atoms with Gasteiger partial charge >= 0.3 is 6.03 Å². The summed E-state index contributed by atoms with van der Waals surface area (Å²) in [5.74, 6) is -0.131. The lowest BCUT2D eigenvalue weighted by atomic mass is 10.1. The van der Waals surface area contributed by atoms with Crippen LogP contribution in [0.25, 0.3) is 11.6 Å². The van der Waals surface area contributed by atoms with Crippen molar-refractivity contribution in [2.45, 2.75) is 13.8 Å². The molecule has 0 unspecified atom stereocenters. The molecule has 1 aliphatic rings. The van der Waals surface area contributed by atoms with Gasteiger partial charge in [0, 0.05) is 40.2 Å². The van der Waals surface area contributed by atoms with Crippen LogP contribution in [0.1, 0.15) is 22.4 Å². The zero-order chi connectivity index (χ0) is 24.4. The van der Waals surface area contributed by atoms with Crippen molar-refractivity contribution in [3.05, 3.63) is 101 Å². The lowest BCUT2D eigenvalue weighted by molar-refractivity contribution is -0.110. The molecule has 5 N–H and O–H groups in total. The summed E-state index contributed by atoms with van der Waals surface area (Å²) in [4.78, 5) is 28.1. The van der Waals surface area contributed by atoms with Gasteiger partial charge in [0.2, 0.25) is 0 Å². The largest absolute Gasteiger partial charge is 0.362 e. The number of aromatic amines is 1. The Bertz CT molecular complexity index is 1450. The number of aryl methyl sites for hydroxylation is 2. The molecule has 7 heteroatoms. The molecule has 4 aromatic rings. The van der Waals surface area contributed by atoms with E-state index in [1.807, 2.05) is 98.9 Å². The number of fused-ring (bicyclic) bond motifs is 1. The number of benzene rings is 3. The zero-order valence-electron chi connectivity index (χ0n) is 19.4. The highest BCUT2D eigenvalue weighted by Crippen LogP contribution is 2.36. The first kappa shape index (κ1) is 22.0. The topological polar surface area (TPSA) is 98.0 Å². The number of carbonyl (C=O) groups excluding carboxylic acids is 2. The summed E-state index contributed by atoms with van der Waals surface area (Å²) < 4.78 is 0. The van der Waals surface area contributed by atoms with Gasteiger partial charge in [-0.05, 0) is 79.6 Å². The van der Waals surface area contributed by atoms with Crippen molar-refractivity contribution < 1.29 is 9.59 Å². The first-order chi connectivity index (χ1) is 16.9. The number of hydrogen-bond acceptors (Lipinski definition) is 3. The Hall–Kier alpha value is -4.78. The SMILES string of the molecule is Cc1cccc(NC(=O)Nc2ccc(C)c(Nc3ccc4c(c3)NC(=O)/C4=C\c3ccc[nH]3)c2)c1. The Morgan fingerprint density at radius 1 is 0.857 bits per heavy atom. The summed E-state index contributed by atoms with van der Waals surface area (Å²) >= 11 is 0. The van der Waals surface area contributed by atoms with Gasteiger partial charge in [-0.1, -0.05) is 24.3 Å². The fraction of sp³-hybridized carbons (Fsp3) is 0.0714. The van der Waals surface area contributed by atoms with Gasteiger partial charge in [-0.2, -0.15) is 0 Å². The number of aromatic nitrogens is 1.